The molecule has 1 heterocycles. The smallest absolute Gasteiger partial charge is 0.262 e. The number of para-hydroxylation sites is 1. The minimum absolute atomic E-state index is 0.0293. The zero-order valence-electron chi connectivity index (χ0n) is 18.2. The summed E-state index contributed by atoms with van der Waals surface area (Å²) in [4.78, 5) is 30.2. The van der Waals surface area contributed by atoms with Crippen molar-refractivity contribution >= 4 is 44.3 Å². The van der Waals surface area contributed by atoms with Crippen LogP contribution in [0.3, 0.4) is 0 Å². The second kappa shape index (κ2) is 10.3. The summed E-state index contributed by atoms with van der Waals surface area (Å²) in [6.45, 7) is 2.58. The predicted molar refractivity (Wildman–Crippen MR) is 128 cm³/mol. The second-order valence-corrected chi connectivity index (χ2v) is 10.5. The number of fused-ring (bicyclic) bond motifs is 1. The summed E-state index contributed by atoms with van der Waals surface area (Å²) in [5.41, 5.74) is 0.858. The molecule has 32 heavy (non-hydrogen) atoms. The summed E-state index contributed by atoms with van der Waals surface area (Å²) in [5.74, 6) is -0.291. The normalized spacial score (nSPS) is 11.8. The Labute approximate surface area is 191 Å². The molecular weight excluding hydrogens is 448 g/mol. The zero-order valence-corrected chi connectivity index (χ0v) is 19.9. The molecule has 0 aliphatic rings. The number of carbonyl (C=O) groups excluding carboxylic acids is 1. The molecule has 3 rings (SSSR count). The standard InChI is InChI=1S/C22H26N4O4S2/c1-4-5-13-26-21(28)18-11-6-7-12-19(18)24-22(26)31-15-20(27)23-16-9-8-10-17(14-16)32(29,30)25(2)3/h6-12,14H,4-5,13,15H2,1-3H3,(H,23,27). The Kier molecular flexibility index (Phi) is 7.70. The number of carbonyl (C=O) groups is 1. The van der Waals surface area contributed by atoms with Crippen molar-refractivity contribution in [1.29, 1.82) is 0 Å². The molecule has 0 aliphatic heterocycles. The van der Waals surface area contributed by atoms with Gasteiger partial charge >= 0.3 is 0 Å². The third kappa shape index (κ3) is 5.37. The topological polar surface area (TPSA) is 101 Å². The molecule has 1 amide bonds. The Morgan fingerprint density at radius 2 is 1.91 bits per heavy atom. The van der Waals surface area contributed by atoms with Crippen LogP contribution in [-0.4, -0.2) is 48.0 Å². The lowest BCUT2D eigenvalue weighted by molar-refractivity contribution is -0.113. The minimum Gasteiger partial charge on any atom is -0.325 e. The fraction of sp³-hybridized carbons (Fsp3) is 0.318. The van der Waals surface area contributed by atoms with E-state index in [1.54, 1.807) is 34.9 Å². The third-order valence-electron chi connectivity index (χ3n) is 4.79. The van der Waals surface area contributed by atoms with Crippen LogP contribution in [0.1, 0.15) is 19.8 Å². The van der Waals surface area contributed by atoms with Crippen LogP contribution < -0.4 is 10.9 Å². The average Bonchev–Trinajstić information content (AvgIpc) is 2.77. The quantitative estimate of drug-likeness (QED) is 0.378. The third-order valence-corrected chi connectivity index (χ3v) is 7.58. The number of unbranched alkanes of at least 4 members (excludes halogenated alkanes) is 1. The molecule has 170 valence electrons. The van der Waals surface area contributed by atoms with E-state index in [2.05, 4.69) is 10.3 Å². The molecule has 1 N–H and O–H groups in total. The van der Waals surface area contributed by atoms with Crippen molar-refractivity contribution in [2.45, 2.75) is 36.4 Å². The average molecular weight is 475 g/mol. The first-order valence-electron chi connectivity index (χ1n) is 10.2. The molecule has 0 fully saturated rings. The molecule has 0 saturated carbocycles. The van der Waals surface area contributed by atoms with Crippen LogP contribution in [0.4, 0.5) is 5.69 Å². The second-order valence-electron chi connectivity index (χ2n) is 7.37. The fourth-order valence-electron chi connectivity index (χ4n) is 3.04. The number of hydrogen-bond acceptors (Lipinski definition) is 6. The molecule has 1 aromatic heterocycles. The number of amides is 1. The van der Waals surface area contributed by atoms with E-state index in [0.29, 0.717) is 28.3 Å². The van der Waals surface area contributed by atoms with E-state index in [-0.39, 0.29) is 22.1 Å². The maximum Gasteiger partial charge on any atom is 0.262 e. The summed E-state index contributed by atoms with van der Waals surface area (Å²) in [6, 6.07) is 13.3. The van der Waals surface area contributed by atoms with Crippen molar-refractivity contribution in [3.05, 3.63) is 58.9 Å². The van der Waals surface area contributed by atoms with Crippen molar-refractivity contribution in [2.24, 2.45) is 0 Å². The molecule has 0 bridgehead atoms. The Bertz CT molecular complexity index is 1290. The molecule has 8 nitrogen and oxygen atoms in total. The first-order valence-corrected chi connectivity index (χ1v) is 12.6. The van der Waals surface area contributed by atoms with E-state index >= 15 is 0 Å². The van der Waals surface area contributed by atoms with Crippen molar-refractivity contribution in [3.63, 3.8) is 0 Å². The molecule has 0 unspecified atom stereocenters. The number of benzene rings is 2. The van der Waals surface area contributed by atoms with Crippen LogP contribution in [0.15, 0.2) is 63.4 Å². The SMILES string of the molecule is CCCCn1c(SCC(=O)Nc2cccc(S(=O)(=O)N(C)C)c2)nc2ccccc2c1=O. The number of sulfonamides is 1. The number of hydrogen-bond donors (Lipinski definition) is 1. The highest BCUT2D eigenvalue weighted by molar-refractivity contribution is 7.99. The zero-order chi connectivity index (χ0) is 23.3. The van der Waals surface area contributed by atoms with Crippen molar-refractivity contribution < 1.29 is 13.2 Å². The van der Waals surface area contributed by atoms with Gasteiger partial charge in [0.2, 0.25) is 15.9 Å². The van der Waals surface area contributed by atoms with Gasteiger partial charge in [0.1, 0.15) is 0 Å². The van der Waals surface area contributed by atoms with Crippen molar-refractivity contribution in [3.8, 4) is 0 Å². The number of nitrogens with one attached hydrogen (secondary N) is 1. The minimum atomic E-state index is -3.60. The lowest BCUT2D eigenvalue weighted by atomic mass is 10.2. The molecule has 0 aliphatic carbocycles. The van der Waals surface area contributed by atoms with Gasteiger partial charge in [0.05, 0.1) is 21.6 Å². The van der Waals surface area contributed by atoms with Crippen LogP contribution >= 0.6 is 11.8 Å². The first kappa shape index (κ1) is 24.0. The maximum atomic E-state index is 12.9. The molecule has 0 radical (unpaired) electrons. The van der Waals surface area contributed by atoms with Crippen molar-refractivity contribution in [2.75, 3.05) is 25.2 Å². The first-order chi connectivity index (χ1) is 15.2. The lowest BCUT2D eigenvalue weighted by Crippen LogP contribution is -2.24. The summed E-state index contributed by atoms with van der Waals surface area (Å²) in [7, 11) is -0.701. The summed E-state index contributed by atoms with van der Waals surface area (Å²) in [6.07, 6.45) is 1.75. The molecular formula is C22H26N4O4S2. The molecule has 0 saturated heterocycles. The van der Waals surface area contributed by atoms with E-state index in [0.717, 1.165) is 17.1 Å². The van der Waals surface area contributed by atoms with Gasteiger partial charge in [-0.3, -0.25) is 14.2 Å². The van der Waals surface area contributed by atoms with Crippen LogP contribution in [0.2, 0.25) is 0 Å². The lowest BCUT2D eigenvalue weighted by Gasteiger charge is -2.14. The fourth-order valence-corrected chi connectivity index (χ4v) is 4.82. The summed E-state index contributed by atoms with van der Waals surface area (Å²) in [5, 5.41) is 3.76. The number of anilines is 1. The van der Waals surface area contributed by atoms with Crippen LogP contribution in [-0.2, 0) is 21.4 Å². The Balaban J connectivity index is 1.78. The van der Waals surface area contributed by atoms with E-state index in [4.69, 9.17) is 0 Å². The Morgan fingerprint density at radius 1 is 1.16 bits per heavy atom. The number of rotatable bonds is 9. The van der Waals surface area contributed by atoms with Gasteiger partial charge in [-0.2, -0.15) is 0 Å². The number of thioether (sulfide) groups is 1. The maximum absolute atomic E-state index is 12.9. The van der Waals surface area contributed by atoms with Crippen molar-refractivity contribution in [1.82, 2.24) is 13.9 Å². The highest BCUT2D eigenvalue weighted by Crippen LogP contribution is 2.21. The number of aromatic nitrogens is 2. The van der Waals surface area contributed by atoms with Crippen LogP contribution in [0, 0.1) is 0 Å². The highest BCUT2D eigenvalue weighted by Gasteiger charge is 2.18. The molecule has 2 aromatic carbocycles. The summed E-state index contributed by atoms with van der Waals surface area (Å²) < 4.78 is 27.4. The van der Waals surface area contributed by atoms with Gasteiger partial charge in [-0.25, -0.2) is 17.7 Å². The van der Waals surface area contributed by atoms with Gasteiger partial charge in [-0.05, 0) is 36.8 Å². The van der Waals surface area contributed by atoms with Gasteiger partial charge in [0.15, 0.2) is 5.16 Å². The van der Waals surface area contributed by atoms with E-state index in [1.165, 1.54) is 38.0 Å². The number of nitrogens with zero attached hydrogens (tertiary/aromatic N) is 3. The van der Waals surface area contributed by atoms with Gasteiger partial charge in [0.25, 0.3) is 5.56 Å². The largest absolute Gasteiger partial charge is 0.325 e. The van der Waals surface area contributed by atoms with Crippen LogP contribution in [0.5, 0.6) is 0 Å². The predicted octanol–water partition coefficient (Wildman–Crippen LogP) is 3.18. The van der Waals surface area contributed by atoms with Crippen LogP contribution in [0.25, 0.3) is 10.9 Å². The molecule has 0 atom stereocenters. The van der Waals surface area contributed by atoms with E-state index < -0.39 is 10.0 Å². The molecule has 3 aromatic rings. The van der Waals surface area contributed by atoms with E-state index in [1.807, 2.05) is 13.0 Å². The van der Waals surface area contributed by atoms with Gasteiger partial charge in [-0.1, -0.05) is 43.3 Å². The van der Waals surface area contributed by atoms with E-state index in [9.17, 15) is 18.0 Å². The van der Waals surface area contributed by atoms with Gasteiger partial charge in [0, 0.05) is 26.3 Å². The van der Waals surface area contributed by atoms with Gasteiger partial charge < -0.3 is 5.32 Å². The monoisotopic (exact) mass is 474 g/mol. The molecule has 10 heteroatoms. The highest BCUT2D eigenvalue weighted by atomic mass is 32.2. The Morgan fingerprint density at radius 3 is 2.62 bits per heavy atom. The Hall–Kier alpha value is -2.69. The van der Waals surface area contributed by atoms with Gasteiger partial charge in [-0.15, -0.1) is 0 Å². The molecule has 0 spiro atoms. The summed E-state index contributed by atoms with van der Waals surface area (Å²) >= 11 is 1.18.